The van der Waals surface area contributed by atoms with Gasteiger partial charge in [-0.15, -0.1) is 0 Å². The van der Waals surface area contributed by atoms with E-state index in [-0.39, 0.29) is 0 Å². The molecule has 28 heavy (non-hydrogen) atoms. The van der Waals surface area contributed by atoms with E-state index in [0.29, 0.717) is 35.0 Å². The number of methoxy groups -OCH3 is 1. The standard InChI is InChI=1S/C19H22N8O/c1-28-13-6-7-15-14(8-13)23-10-27(15)18-16-17(22-9-21-16)25-19(26-18)24-12-4-2-11(20)3-5-12/h6-12H,2-5,20H2,1H3,(H2,21,22,24,25,26)/t11-,12-. The van der Waals surface area contributed by atoms with Crippen molar-refractivity contribution in [1.29, 1.82) is 0 Å². The summed E-state index contributed by atoms with van der Waals surface area (Å²) in [4.78, 5) is 21.4. The van der Waals surface area contributed by atoms with Crippen molar-refractivity contribution in [3.63, 3.8) is 0 Å². The maximum absolute atomic E-state index is 6.02. The van der Waals surface area contributed by atoms with Crippen LogP contribution < -0.4 is 15.8 Å². The minimum Gasteiger partial charge on any atom is -0.497 e. The number of nitrogens with one attached hydrogen (secondary N) is 2. The van der Waals surface area contributed by atoms with Gasteiger partial charge in [-0.3, -0.25) is 4.57 Å². The van der Waals surface area contributed by atoms with Gasteiger partial charge >= 0.3 is 0 Å². The largest absolute Gasteiger partial charge is 0.497 e. The predicted octanol–water partition coefficient (Wildman–Crippen LogP) is 2.38. The first kappa shape index (κ1) is 16.9. The molecule has 0 saturated heterocycles. The number of anilines is 1. The Bertz CT molecular complexity index is 1130. The maximum atomic E-state index is 6.02. The number of fused-ring (bicyclic) bond motifs is 2. The van der Waals surface area contributed by atoms with Crippen LogP contribution in [0.1, 0.15) is 25.7 Å². The molecule has 0 unspecified atom stereocenters. The highest BCUT2D eigenvalue weighted by molar-refractivity contribution is 5.85. The number of ether oxygens (including phenoxy) is 1. The van der Waals surface area contributed by atoms with E-state index in [1.807, 2.05) is 22.8 Å². The lowest BCUT2D eigenvalue weighted by molar-refractivity contribution is 0.410. The van der Waals surface area contributed by atoms with E-state index in [0.717, 1.165) is 42.5 Å². The minimum absolute atomic E-state index is 0.305. The van der Waals surface area contributed by atoms with Crippen LogP contribution in [0.4, 0.5) is 5.95 Å². The fourth-order valence-corrected chi connectivity index (χ4v) is 3.79. The molecular formula is C19H22N8O. The first-order valence-electron chi connectivity index (χ1n) is 9.46. The molecule has 1 saturated carbocycles. The van der Waals surface area contributed by atoms with Gasteiger partial charge in [-0.05, 0) is 37.8 Å². The molecule has 0 spiro atoms. The Kier molecular flexibility index (Phi) is 4.09. The van der Waals surface area contributed by atoms with Gasteiger partial charge in [0.2, 0.25) is 5.95 Å². The Morgan fingerprint density at radius 3 is 2.86 bits per heavy atom. The van der Waals surface area contributed by atoms with E-state index < -0.39 is 0 Å². The summed E-state index contributed by atoms with van der Waals surface area (Å²) in [6.45, 7) is 0. The van der Waals surface area contributed by atoms with Crippen molar-refractivity contribution >= 4 is 28.1 Å². The van der Waals surface area contributed by atoms with Gasteiger partial charge in [0.1, 0.15) is 12.1 Å². The molecule has 9 nitrogen and oxygen atoms in total. The average Bonchev–Trinajstić information content (AvgIpc) is 3.35. The number of H-pyrrole nitrogens is 1. The lowest BCUT2D eigenvalue weighted by Crippen LogP contribution is -2.33. The summed E-state index contributed by atoms with van der Waals surface area (Å²) in [5, 5.41) is 3.47. The quantitative estimate of drug-likeness (QED) is 0.499. The van der Waals surface area contributed by atoms with E-state index in [2.05, 4.69) is 25.3 Å². The molecule has 5 rings (SSSR count). The third kappa shape index (κ3) is 2.93. The van der Waals surface area contributed by atoms with Gasteiger partial charge in [-0.2, -0.15) is 9.97 Å². The summed E-state index contributed by atoms with van der Waals surface area (Å²) >= 11 is 0. The number of nitrogens with two attached hydrogens (primary N) is 1. The highest BCUT2D eigenvalue weighted by Gasteiger charge is 2.21. The fourth-order valence-electron chi connectivity index (χ4n) is 3.79. The molecule has 0 radical (unpaired) electrons. The van der Waals surface area contributed by atoms with Crippen molar-refractivity contribution in [1.82, 2.24) is 29.5 Å². The zero-order valence-corrected chi connectivity index (χ0v) is 15.6. The molecule has 4 N–H and O–H groups in total. The Hall–Kier alpha value is -3.20. The SMILES string of the molecule is COc1ccc2c(c1)ncn2-c1nc(N[C@H]2CC[C@H](N)CC2)nc2[nH]cnc12. The van der Waals surface area contributed by atoms with Gasteiger partial charge < -0.3 is 20.8 Å². The van der Waals surface area contributed by atoms with Gasteiger partial charge in [0.15, 0.2) is 17.0 Å². The topological polar surface area (TPSA) is 120 Å². The molecule has 1 fully saturated rings. The number of benzene rings is 1. The lowest BCUT2D eigenvalue weighted by atomic mass is 9.92. The van der Waals surface area contributed by atoms with Gasteiger partial charge in [0.25, 0.3) is 0 Å². The molecule has 0 aliphatic heterocycles. The zero-order chi connectivity index (χ0) is 19.1. The third-order valence-electron chi connectivity index (χ3n) is 5.35. The van der Waals surface area contributed by atoms with Gasteiger partial charge in [-0.25, -0.2) is 9.97 Å². The third-order valence-corrected chi connectivity index (χ3v) is 5.35. The van der Waals surface area contributed by atoms with Crippen LogP contribution in [-0.2, 0) is 0 Å². The van der Waals surface area contributed by atoms with Crippen molar-refractivity contribution in [3.8, 4) is 11.6 Å². The normalized spacial score (nSPS) is 19.9. The Labute approximate surface area is 161 Å². The van der Waals surface area contributed by atoms with Crippen molar-refractivity contribution in [2.24, 2.45) is 5.73 Å². The number of rotatable bonds is 4. The molecule has 4 aromatic rings. The van der Waals surface area contributed by atoms with Gasteiger partial charge in [-0.1, -0.05) is 0 Å². The summed E-state index contributed by atoms with van der Waals surface area (Å²) in [7, 11) is 1.64. The Morgan fingerprint density at radius 2 is 2.04 bits per heavy atom. The Morgan fingerprint density at radius 1 is 1.18 bits per heavy atom. The monoisotopic (exact) mass is 378 g/mol. The molecule has 1 aliphatic rings. The number of hydrogen-bond acceptors (Lipinski definition) is 7. The molecule has 0 atom stereocenters. The lowest BCUT2D eigenvalue weighted by Gasteiger charge is -2.26. The molecule has 1 aliphatic carbocycles. The van der Waals surface area contributed by atoms with E-state index in [1.54, 1.807) is 19.8 Å². The van der Waals surface area contributed by atoms with Crippen LogP contribution in [0.15, 0.2) is 30.9 Å². The van der Waals surface area contributed by atoms with Gasteiger partial charge in [0, 0.05) is 18.2 Å². The first-order valence-corrected chi connectivity index (χ1v) is 9.46. The summed E-state index contributed by atoms with van der Waals surface area (Å²) in [5.74, 6) is 2.04. The molecule has 9 heteroatoms. The van der Waals surface area contributed by atoms with Crippen LogP contribution >= 0.6 is 0 Å². The summed E-state index contributed by atoms with van der Waals surface area (Å²) in [5.41, 5.74) is 9.17. The summed E-state index contributed by atoms with van der Waals surface area (Å²) < 4.78 is 7.23. The number of hydrogen-bond donors (Lipinski definition) is 3. The molecule has 1 aromatic carbocycles. The number of aromatic amines is 1. The number of nitrogens with zero attached hydrogens (tertiary/aromatic N) is 5. The zero-order valence-electron chi connectivity index (χ0n) is 15.6. The van der Waals surface area contributed by atoms with Crippen LogP contribution in [0.3, 0.4) is 0 Å². The predicted molar refractivity (Wildman–Crippen MR) is 107 cm³/mol. The van der Waals surface area contributed by atoms with E-state index in [4.69, 9.17) is 15.5 Å². The second kappa shape index (κ2) is 6.75. The molecular weight excluding hydrogens is 356 g/mol. The van der Waals surface area contributed by atoms with Crippen molar-refractivity contribution in [2.75, 3.05) is 12.4 Å². The molecule has 0 amide bonds. The second-order valence-corrected chi connectivity index (χ2v) is 7.20. The first-order chi connectivity index (χ1) is 13.7. The molecule has 3 aromatic heterocycles. The van der Waals surface area contributed by atoms with Crippen molar-refractivity contribution in [2.45, 2.75) is 37.8 Å². The highest BCUT2D eigenvalue weighted by atomic mass is 16.5. The summed E-state index contributed by atoms with van der Waals surface area (Å²) in [6, 6.07) is 6.42. The molecule has 0 bridgehead atoms. The maximum Gasteiger partial charge on any atom is 0.227 e. The van der Waals surface area contributed by atoms with Crippen molar-refractivity contribution < 1.29 is 4.74 Å². The van der Waals surface area contributed by atoms with Crippen LogP contribution in [0.25, 0.3) is 28.0 Å². The van der Waals surface area contributed by atoms with Crippen LogP contribution in [-0.4, -0.2) is 48.7 Å². The number of imidazole rings is 2. The second-order valence-electron chi connectivity index (χ2n) is 7.20. The van der Waals surface area contributed by atoms with Crippen LogP contribution in [0.5, 0.6) is 5.75 Å². The minimum atomic E-state index is 0.305. The Balaban J connectivity index is 1.56. The van der Waals surface area contributed by atoms with Gasteiger partial charge in [0.05, 0.1) is 24.5 Å². The smallest absolute Gasteiger partial charge is 0.227 e. The van der Waals surface area contributed by atoms with Crippen molar-refractivity contribution in [3.05, 3.63) is 30.9 Å². The van der Waals surface area contributed by atoms with Crippen LogP contribution in [0.2, 0.25) is 0 Å². The summed E-state index contributed by atoms with van der Waals surface area (Å²) in [6.07, 6.45) is 7.47. The highest BCUT2D eigenvalue weighted by Crippen LogP contribution is 2.26. The fraction of sp³-hybridized carbons (Fsp3) is 0.368. The van der Waals surface area contributed by atoms with E-state index in [9.17, 15) is 0 Å². The number of aromatic nitrogens is 6. The molecule has 3 heterocycles. The molecule has 144 valence electrons. The average molecular weight is 378 g/mol. The van der Waals surface area contributed by atoms with E-state index >= 15 is 0 Å². The van der Waals surface area contributed by atoms with E-state index in [1.165, 1.54) is 0 Å². The van der Waals surface area contributed by atoms with Crippen LogP contribution in [0, 0.1) is 0 Å².